The molecule has 13 heavy (non-hydrogen) atoms. The van der Waals surface area contributed by atoms with E-state index in [1.54, 1.807) is 6.92 Å². The molecule has 0 aromatic heterocycles. The largest absolute Gasteiger partial charge is 0.384 e. The molecule has 3 heteroatoms. The van der Waals surface area contributed by atoms with Gasteiger partial charge in [0.05, 0.1) is 0 Å². The number of aliphatic hydroxyl groups is 1. The Hall–Kier alpha value is -0.570. The number of amides is 1. The second-order valence-electron chi connectivity index (χ2n) is 4.28. The van der Waals surface area contributed by atoms with Crippen LogP contribution in [0, 0.1) is 5.92 Å². The van der Waals surface area contributed by atoms with Gasteiger partial charge in [-0.25, -0.2) is 0 Å². The van der Waals surface area contributed by atoms with E-state index in [0.717, 1.165) is 18.9 Å². The molecule has 1 aliphatic carbocycles. The van der Waals surface area contributed by atoms with E-state index in [0.29, 0.717) is 6.04 Å². The van der Waals surface area contributed by atoms with E-state index in [4.69, 9.17) is 5.11 Å². The fourth-order valence-corrected chi connectivity index (χ4v) is 2.55. The van der Waals surface area contributed by atoms with Crippen LogP contribution >= 0.6 is 0 Å². The summed E-state index contributed by atoms with van der Waals surface area (Å²) in [5.74, 6) is 0.652. The Kier molecular flexibility index (Phi) is 2.28. The van der Waals surface area contributed by atoms with Crippen molar-refractivity contribution in [3.8, 4) is 0 Å². The summed E-state index contributed by atoms with van der Waals surface area (Å²) in [6, 6.07) is 0.454. The molecule has 74 valence electrons. The first kappa shape index (κ1) is 9.00. The van der Waals surface area contributed by atoms with Crippen molar-refractivity contribution in [1.29, 1.82) is 0 Å². The average Bonchev–Trinajstić information content (AvgIpc) is 2.06. The van der Waals surface area contributed by atoms with Gasteiger partial charge in [-0.2, -0.15) is 0 Å². The van der Waals surface area contributed by atoms with Gasteiger partial charge in [0, 0.05) is 12.6 Å². The summed E-state index contributed by atoms with van der Waals surface area (Å²) in [6.07, 6.45) is 4.16. The minimum Gasteiger partial charge on any atom is -0.384 e. The molecule has 1 heterocycles. The molecule has 3 atom stereocenters. The van der Waals surface area contributed by atoms with Gasteiger partial charge in [0.25, 0.3) is 5.91 Å². The summed E-state index contributed by atoms with van der Waals surface area (Å²) in [7, 11) is 0. The number of hydrogen-bond acceptors (Lipinski definition) is 2. The Morgan fingerprint density at radius 1 is 1.46 bits per heavy atom. The first-order chi connectivity index (χ1) is 6.20. The monoisotopic (exact) mass is 183 g/mol. The Labute approximate surface area is 78.7 Å². The van der Waals surface area contributed by atoms with Gasteiger partial charge in [0.15, 0.2) is 0 Å². The van der Waals surface area contributed by atoms with Crippen LogP contribution in [0.25, 0.3) is 0 Å². The van der Waals surface area contributed by atoms with Gasteiger partial charge in [-0.05, 0) is 25.7 Å². The Morgan fingerprint density at radius 2 is 2.15 bits per heavy atom. The third-order valence-corrected chi connectivity index (χ3v) is 3.34. The van der Waals surface area contributed by atoms with Gasteiger partial charge < -0.3 is 10.0 Å². The normalized spacial score (nSPS) is 34.8. The van der Waals surface area contributed by atoms with Crippen molar-refractivity contribution in [2.45, 2.75) is 44.8 Å². The Morgan fingerprint density at radius 3 is 2.77 bits per heavy atom. The molecule has 0 aromatic carbocycles. The van der Waals surface area contributed by atoms with E-state index in [-0.39, 0.29) is 5.91 Å². The molecule has 0 aromatic rings. The highest BCUT2D eigenvalue weighted by atomic mass is 16.3. The molecule has 1 unspecified atom stereocenters. The number of carbonyl (C=O) groups excluding carboxylic acids is 1. The first-order valence-electron chi connectivity index (χ1n) is 5.18. The summed E-state index contributed by atoms with van der Waals surface area (Å²) in [5, 5.41) is 9.16. The predicted octanol–water partition coefficient (Wildman–Crippen LogP) is 0.768. The number of rotatable bonds is 1. The smallest absolute Gasteiger partial charge is 0.251 e. The van der Waals surface area contributed by atoms with Crippen molar-refractivity contribution in [3.63, 3.8) is 0 Å². The predicted molar refractivity (Wildman–Crippen MR) is 49.1 cm³/mol. The summed E-state index contributed by atoms with van der Waals surface area (Å²) in [5.41, 5.74) is 0. The topological polar surface area (TPSA) is 40.5 Å². The summed E-state index contributed by atoms with van der Waals surface area (Å²) in [6.45, 7) is 2.44. The van der Waals surface area contributed by atoms with Crippen LogP contribution < -0.4 is 0 Å². The van der Waals surface area contributed by atoms with Crippen LogP contribution in [0.1, 0.15) is 32.6 Å². The zero-order valence-electron chi connectivity index (χ0n) is 8.07. The van der Waals surface area contributed by atoms with E-state index in [9.17, 15) is 4.79 Å². The van der Waals surface area contributed by atoms with E-state index in [1.165, 1.54) is 19.3 Å². The summed E-state index contributed by atoms with van der Waals surface area (Å²) in [4.78, 5) is 13.3. The van der Waals surface area contributed by atoms with Crippen LogP contribution in [0.4, 0.5) is 0 Å². The van der Waals surface area contributed by atoms with Gasteiger partial charge in [0.1, 0.15) is 6.10 Å². The molecule has 3 nitrogen and oxygen atoms in total. The average molecular weight is 183 g/mol. The standard InChI is InChI=1S/C10H17NO2/c1-7(12)10(13)11-6-8-4-2-3-5-9(8)11/h7-9,12H,2-6H2,1H3/t7?,8-,9-/m1/s1. The Balaban J connectivity index is 1.94. The maximum absolute atomic E-state index is 11.5. The lowest BCUT2D eigenvalue weighted by molar-refractivity contribution is -0.154. The van der Waals surface area contributed by atoms with Gasteiger partial charge in [-0.1, -0.05) is 12.8 Å². The highest BCUT2D eigenvalue weighted by Crippen LogP contribution is 2.37. The SMILES string of the molecule is CC(O)C(=O)N1C[C@H]2CCCC[C@H]21. The molecular formula is C10H17NO2. The molecular weight excluding hydrogens is 166 g/mol. The number of carbonyl (C=O) groups is 1. The van der Waals surface area contributed by atoms with Crippen LogP contribution in [0.2, 0.25) is 0 Å². The second-order valence-corrected chi connectivity index (χ2v) is 4.28. The molecule has 2 fully saturated rings. The maximum atomic E-state index is 11.5. The fraction of sp³-hybridized carbons (Fsp3) is 0.900. The molecule has 0 spiro atoms. The van der Waals surface area contributed by atoms with Crippen LogP contribution in [-0.4, -0.2) is 34.6 Å². The van der Waals surface area contributed by atoms with E-state index < -0.39 is 6.10 Å². The van der Waals surface area contributed by atoms with Crippen molar-refractivity contribution in [1.82, 2.24) is 4.90 Å². The molecule has 1 saturated carbocycles. The van der Waals surface area contributed by atoms with E-state index in [1.807, 2.05) is 4.90 Å². The van der Waals surface area contributed by atoms with Gasteiger partial charge in [-0.15, -0.1) is 0 Å². The number of likely N-dealkylation sites (tertiary alicyclic amines) is 1. The van der Waals surface area contributed by atoms with Crippen molar-refractivity contribution in [3.05, 3.63) is 0 Å². The molecule has 2 aliphatic rings. The molecule has 0 radical (unpaired) electrons. The van der Waals surface area contributed by atoms with Crippen LogP contribution in [-0.2, 0) is 4.79 Å². The van der Waals surface area contributed by atoms with E-state index >= 15 is 0 Å². The third-order valence-electron chi connectivity index (χ3n) is 3.34. The molecule has 1 aliphatic heterocycles. The van der Waals surface area contributed by atoms with E-state index in [2.05, 4.69) is 0 Å². The van der Waals surface area contributed by atoms with Gasteiger partial charge in [-0.3, -0.25) is 4.79 Å². The quantitative estimate of drug-likeness (QED) is 0.652. The summed E-state index contributed by atoms with van der Waals surface area (Å²) >= 11 is 0. The molecule has 2 rings (SSSR count). The fourth-order valence-electron chi connectivity index (χ4n) is 2.55. The van der Waals surface area contributed by atoms with Crippen molar-refractivity contribution >= 4 is 5.91 Å². The summed E-state index contributed by atoms with van der Waals surface area (Å²) < 4.78 is 0. The molecule has 1 amide bonds. The first-order valence-corrected chi connectivity index (χ1v) is 5.18. The number of hydrogen-bond donors (Lipinski definition) is 1. The van der Waals surface area contributed by atoms with Crippen molar-refractivity contribution in [2.75, 3.05) is 6.54 Å². The zero-order valence-corrected chi connectivity index (χ0v) is 8.07. The maximum Gasteiger partial charge on any atom is 0.251 e. The van der Waals surface area contributed by atoms with Gasteiger partial charge >= 0.3 is 0 Å². The highest BCUT2D eigenvalue weighted by molar-refractivity contribution is 5.81. The molecule has 1 N–H and O–H groups in total. The minimum absolute atomic E-state index is 0.0804. The lowest BCUT2D eigenvalue weighted by Gasteiger charge is -2.51. The highest BCUT2D eigenvalue weighted by Gasteiger charge is 2.43. The van der Waals surface area contributed by atoms with Crippen molar-refractivity contribution in [2.24, 2.45) is 5.92 Å². The zero-order chi connectivity index (χ0) is 9.42. The van der Waals surface area contributed by atoms with Crippen LogP contribution in [0.3, 0.4) is 0 Å². The minimum atomic E-state index is -0.817. The number of fused-ring (bicyclic) bond motifs is 1. The van der Waals surface area contributed by atoms with Crippen LogP contribution in [0.15, 0.2) is 0 Å². The number of aliphatic hydroxyl groups excluding tert-OH is 1. The lowest BCUT2D eigenvalue weighted by atomic mass is 9.76. The van der Waals surface area contributed by atoms with Gasteiger partial charge in [0.2, 0.25) is 0 Å². The lowest BCUT2D eigenvalue weighted by Crippen LogP contribution is -2.61. The second kappa shape index (κ2) is 3.29. The number of nitrogens with zero attached hydrogens (tertiary/aromatic N) is 1. The molecule has 1 saturated heterocycles. The Bertz CT molecular complexity index is 215. The van der Waals surface area contributed by atoms with Crippen LogP contribution in [0.5, 0.6) is 0 Å². The molecule has 0 bridgehead atoms. The third kappa shape index (κ3) is 1.46. The van der Waals surface area contributed by atoms with Crippen molar-refractivity contribution < 1.29 is 9.90 Å².